The number of nitrogens with one attached hydrogen (secondary N) is 1. The molecule has 1 rings (SSSR count). The number of hydrogen-bond acceptors (Lipinski definition) is 3. The predicted molar refractivity (Wildman–Crippen MR) is 61.4 cm³/mol. The molecule has 0 amide bonds. The molecule has 86 valence electrons. The standard InChI is InChI=1S/C11H14N2O2S/c1-3-6-13-16(14,15)11-7-10(8-12)5-4-9(11)2/h4-5,7,13H,3,6H2,1-2H3. The SMILES string of the molecule is CCCNS(=O)(=O)c1cc(C#N)ccc1C. The lowest BCUT2D eigenvalue weighted by Crippen LogP contribution is -2.25. The van der Waals surface area contributed by atoms with Gasteiger partial charge in [0.25, 0.3) is 0 Å². The minimum atomic E-state index is -3.49. The van der Waals surface area contributed by atoms with Crippen LogP contribution in [0.25, 0.3) is 0 Å². The van der Waals surface area contributed by atoms with E-state index >= 15 is 0 Å². The first-order chi connectivity index (χ1) is 7.51. The van der Waals surface area contributed by atoms with E-state index in [1.165, 1.54) is 6.07 Å². The molecule has 1 N–H and O–H groups in total. The molecule has 4 nitrogen and oxygen atoms in total. The maximum Gasteiger partial charge on any atom is 0.240 e. The van der Waals surface area contributed by atoms with Crippen molar-refractivity contribution < 1.29 is 8.42 Å². The first-order valence-electron chi connectivity index (χ1n) is 5.01. The van der Waals surface area contributed by atoms with Gasteiger partial charge in [0.15, 0.2) is 0 Å². The number of hydrogen-bond donors (Lipinski definition) is 1. The van der Waals surface area contributed by atoms with E-state index in [1.54, 1.807) is 19.1 Å². The highest BCUT2D eigenvalue weighted by Gasteiger charge is 2.16. The van der Waals surface area contributed by atoms with E-state index in [1.807, 2.05) is 13.0 Å². The first-order valence-corrected chi connectivity index (χ1v) is 6.50. The Morgan fingerprint density at radius 2 is 2.12 bits per heavy atom. The number of rotatable bonds is 4. The van der Waals surface area contributed by atoms with Crippen molar-refractivity contribution in [2.24, 2.45) is 0 Å². The van der Waals surface area contributed by atoms with Crippen molar-refractivity contribution in [2.75, 3.05) is 6.54 Å². The van der Waals surface area contributed by atoms with Gasteiger partial charge < -0.3 is 0 Å². The van der Waals surface area contributed by atoms with E-state index in [9.17, 15) is 8.42 Å². The molecule has 0 aromatic heterocycles. The highest BCUT2D eigenvalue weighted by Crippen LogP contribution is 2.16. The Hall–Kier alpha value is -1.38. The lowest BCUT2D eigenvalue weighted by molar-refractivity contribution is 0.580. The molecule has 1 aromatic carbocycles. The van der Waals surface area contributed by atoms with Crippen LogP contribution < -0.4 is 4.72 Å². The Bertz CT molecular complexity index is 515. The van der Waals surface area contributed by atoms with Gasteiger partial charge in [-0.25, -0.2) is 13.1 Å². The Morgan fingerprint density at radius 1 is 1.44 bits per heavy atom. The Labute approximate surface area is 96.0 Å². The van der Waals surface area contributed by atoms with Crippen LogP contribution in [-0.2, 0) is 10.0 Å². The smallest absolute Gasteiger partial charge is 0.211 e. The Morgan fingerprint density at radius 3 is 2.69 bits per heavy atom. The largest absolute Gasteiger partial charge is 0.240 e. The van der Waals surface area contributed by atoms with Gasteiger partial charge in [-0.15, -0.1) is 0 Å². The molecule has 0 saturated heterocycles. The molecule has 0 saturated carbocycles. The maximum absolute atomic E-state index is 11.9. The van der Waals surface area contributed by atoms with Gasteiger partial charge in [-0.3, -0.25) is 0 Å². The molecule has 16 heavy (non-hydrogen) atoms. The van der Waals surface area contributed by atoms with Crippen LogP contribution in [0.2, 0.25) is 0 Å². The van der Waals surface area contributed by atoms with E-state index in [2.05, 4.69) is 4.72 Å². The fraction of sp³-hybridized carbons (Fsp3) is 0.364. The second-order valence-electron chi connectivity index (χ2n) is 3.49. The van der Waals surface area contributed by atoms with Crippen LogP contribution in [-0.4, -0.2) is 15.0 Å². The minimum Gasteiger partial charge on any atom is -0.211 e. The monoisotopic (exact) mass is 238 g/mol. The van der Waals surface area contributed by atoms with E-state index < -0.39 is 10.0 Å². The Kier molecular flexibility index (Phi) is 4.05. The van der Waals surface area contributed by atoms with Gasteiger partial charge in [-0.05, 0) is 31.0 Å². The highest BCUT2D eigenvalue weighted by molar-refractivity contribution is 7.89. The molecule has 0 bridgehead atoms. The summed E-state index contributed by atoms with van der Waals surface area (Å²) >= 11 is 0. The van der Waals surface area contributed by atoms with E-state index in [4.69, 9.17) is 5.26 Å². The summed E-state index contributed by atoms with van der Waals surface area (Å²) in [5.74, 6) is 0. The summed E-state index contributed by atoms with van der Waals surface area (Å²) in [7, 11) is -3.49. The van der Waals surface area contributed by atoms with Crippen molar-refractivity contribution in [3.8, 4) is 6.07 Å². The number of nitriles is 1. The number of benzene rings is 1. The van der Waals surface area contributed by atoms with Crippen molar-refractivity contribution in [1.29, 1.82) is 5.26 Å². The van der Waals surface area contributed by atoms with E-state index in [-0.39, 0.29) is 4.90 Å². The van der Waals surface area contributed by atoms with Crippen molar-refractivity contribution in [3.63, 3.8) is 0 Å². The third-order valence-electron chi connectivity index (χ3n) is 2.15. The fourth-order valence-electron chi connectivity index (χ4n) is 1.27. The van der Waals surface area contributed by atoms with Crippen LogP contribution in [0.1, 0.15) is 24.5 Å². The third-order valence-corrected chi connectivity index (χ3v) is 3.75. The quantitative estimate of drug-likeness (QED) is 0.865. The number of nitrogens with zero attached hydrogens (tertiary/aromatic N) is 1. The van der Waals surface area contributed by atoms with Crippen LogP contribution in [0.5, 0.6) is 0 Å². The van der Waals surface area contributed by atoms with E-state index in [0.29, 0.717) is 17.7 Å². The fourth-order valence-corrected chi connectivity index (χ4v) is 2.68. The summed E-state index contributed by atoms with van der Waals surface area (Å²) in [6.45, 7) is 4.00. The molecule has 0 aliphatic heterocycles. The second kappa shape index (κ2) is 5.10. The maximum atomic E-state index is 11.9. The number of sulfonamides is 1. The zero-order chi connectivity index (χ0) is 12.2. The van der Waals surface area contributed by atoms with E-state index in [0.717, 1.165) is 6.42 Å². The van der Waals surface area contributed by atoms with Gasteiger partial charge in [0.05, 0.1) is 16.5 Å². The second-order valence-corrected chi connectivity index (χ2v) is 5.23. The average molecular weight is 238 g/mol. The lowest BCUT2D eigenvalue weighted by atomic mass is 10.2. The predicted octanol–water partition coefficient (Wildman–Crippen LogP) is 1.56. The van der Waals surface area contributed by atoms with Crippen molar-refractivity contribution in [1.82, 2.24) is 4.72 Å². The number of aryl methyl sites for hydroxylation is 1. The van der Waals surface area contributed by atoms with Gasteiger partial charge in [0.2, 0.25) is 10.0 Å². The van der Waals surface area contributed by atoms with Gasteiger partial charge in [-0.1, -0.05) is 13.0 Å². The molecule has 0 unspecified atom stereocenters. The van der Waals surface area contributed by atoms with Crippen LogP contribution >= 0.6 is 0 Å². The van der Waals surface area contributed by atoms with Crippen LogP contribution in [0.3, 0.4) is 0 Å². The molecule has 1 aromatic rings. The summed E-state index contributed by atoms with van der Waals surface area (Å²) in [6.07, 6.45) is 0.732. The third kappa shape index (κ3) is 2.81. The summed E-state index contributed by atoms with van der Waals surface area (Å²) in [4.78, 5) is 0.181. The summed E-state index contributed by atoms with van der Waals surface area (Å²) in [5.41, 5.74) is 0.991. The highest BCUT2D eigenvalue weighted by atomic mass is 32.2. The zero-order valence-electron chi connectivity index (χ0n) is 9.32. The molecule has 0 aliphatic carbocycles. The molecule has 0 heterocycles. The van der Waals surface area contributed by atoms with Crippen LogP contribution in [0.15, 0.2) is 23.1 Å². The first kappa shape index (κ1) is 12.7. The van der Waals surface area contributed by atoms with Crippen LogP contribution in [0.4, 0.5) is 0 Å². The van der Waals surface area contributed by atoms with Crippen molar-refractivity contribution in [3.05, 3.63) is 29.3 Å². The van der Waals surface area contributed by atoms with Crippen molar-refractivity contribution >= 4 is 10.0 Å². The minimum absolute atomic E-state index is 0.181. The lowest BCUT2D eigenvalue weighted by Gasteiger charge is -2.08. The topological polar surface area (TPSA) is 70.0 Å². The van der Waals surface area contributed by atoms with Gasteiger partial charge >= 0.3 is 0 Å². The molecule has 0 spiro atoms. The summed E-state index contributed by atoms with van der Waals surface area (Å²) < 4.78 is 26.2. The molecular formula is C11H14N2O2S. The average Bonchev–Trinajstić information content (AvgIpc) is 2.27. The molecule has 0 atom stereocenters. The molecule has 0 aliphatic rings. The summed E-state index contributed by atoms with van der Waals surface area (Å²) in [5, 5.41) is 8.73. The zero-order valence-corrected chi connectivity index (χ0v) is 10.1. The summed E-state index contributed by atoms with van der Waals surface area (Å²) in [6, 6.07) is 6.57. The molecular weight excluding hydrogens is 224 g/mol. The molecule has 0 fully saturated rings. The normalized spacial score (nSPS) is 11.1. The van der Waals surface area contributed by atoms with Gasteiger partial charge in [0.1, 0.15) is 0 Å². The molecule has 5 heteroatoms. The van der Waals surface area contributed by atoms with Crippen molar-refractivity contribution in [2.45, 2.75) is 25.2 Å². The molecule has 0 radical (unpaired) electrons. The van der Waals surface area contributed by atoms with Gasteiger partial charge in [-0.2, -0.15) is 5.26 Å². The Balaban J connectivity index is 3.17. The van der Waals surface area contributed by atoms with Gasteiger partial charge in [0, 0.05) is 6.54 Å². The van der Waals surface area contributed by atoms with Crippen LogP contribution in [0, 0.1) is 18.3 Å².